The first-order valence-electron chi connectivity index (χ1n) is 7.11. The zero-order chi connectivity index (χ0) is 14.1. The van der Waals surface area contributed by atoms with E-state index >= 15 is 0 Å². The molecule has 0 spiro atoms. The van der Waals surface area contributed by atoms with Crippen molar-refractivity contribution in [2.45, 2.75) is 45.6 Å². The van der Waals surface area contributed by atoms with Gasteiger partial charge in [-0.3, -0.25) is 0 Å². The third kappa shape index (κ3) is 1.63. The molecule has 0 atom stereocenters. The molecule has 3 aromatic rings. The lowest BCUT2D eigenvalue weighted by Crippen LogP contribution is -2.11. The van der Waals surface area contributed by atoms with E-state index in [1.807, 2.05) is 13.8 Å². The highest BCUT2D eigenvalue weighted by Gasteiger charge is 2.41. The predicted octanol–water partition coefficient (Wildman–Crippen LogP) is 4.17. The van der Waals surface area contributed by atoms with Gasteiger partial charge in [-0.1, -0.05) is 0 Å². The summed E-state index contributed by atoms with van der Waals surface area (Å²) in [4.78, 5) is 0. The lowest BCUT2D eigenvalue weighted by molar-refractivity contribution is 0.151. The molecule has 1 N–H and O–H groups in total. The van der Waals surface area contributed by atoms with Gasteiger partial charge >= 0.3 is 0 Å². The molecule has 1 saturated carbocycles. The molecule has 0 unspecified atom stereocenters. The van der Waals surface area contributed by atoms with Crippen LogP contribution in [0.1, 0.15) is 35.5 Å². The lowest BCUT2D eigenvalue weighted by Gasteiger charge is -2.10. The molecule has 0 saturated heterocycles. The molecule has 20 heavy (non-hydrogen) atoms. The second-order valence-corrected chi connectivity index (χ2v) is 6.20. The van der Waals surface area contributed by atoms with E-state index in [0.717, 1.165) is 57.4 Å². The summed E-state index contributed by atoms with van der Waals surface area (Å²) in [5.74, 6) is 1.80. The normalized spacial score (nSPS) is 17.2. The van der Waals surface area contributed by atoms with E-state index in [9.17, 15) is 5.11 Å². The van der Waals surface area contributed by atoms with Crippen molar-refractivity contribution in [3.05, 3.63) is 34.8 Å². The monoisotopic (exact) mass is 270 g/mol. The maximum atomic E-state index is 10.3. The molecule has 1 aliphatic rings. The van der Waals surface area contributed by atoms with Crippen LogP contribution in [-0.4, -0.2) is 10.7 Å². The third-order valence-corrected chi connectivity index (χ3v) is 4.39. The summed E-state index contributed by atoms with van der Waals surface area (Å²) in [6.07, 6.45) is 2.40. The van der Waals surface area contributed by atoms with Crippen LogP contribution in [0, 0.1) is 20.8 Å². The van der Waals surface area contributed by atoms with Gasteiger partial charge in [-0.25, -0.2) is 0 Å². The van der Waals surface area contributed by atoms with Crippen LogP contribution in [0.25, 0.3) is 21.9 Å². The van der Waals surface area contributed by atoms with Gasteiger partial charge in [-0.15, -0.1) is 0 Å². The smallest absolute Gasteiger partial charge is 0.138 e. The van der Waals surface area contributed by atoms with E-state index in [-0.39, 0.29) is 0 Å². The van der Waals surface area contributed by atoms with Crippen molar-refractivity contribution < 1.29 is 13.9 Å². The molecular weight excluding hydrogens is 252 g/mol. The Hall–Kier alpha value is -1.74. The van der Waals surface area contributed by atoms with Gasteiger partial charge in [0, 0.05) is 28.3 Å². The first-order chi connectivity index (χ1) is 9.47. The number of rotatable bonds is 2. The third-order valence-electron chi connectivity index (χ3n) is 4.39. The fourth-order valence-electron chi connectivity index (χ4n) is 3.10. The lowest BCUT2D eigenvalue weighted by atomic mass is 9.97. The number of aliphatic hydroxyl groups is 1. The van der Waals surface area contributed by atoms with E-state index in [1.54, 1.807) is 0 Å². The largest absolute Gasteiger partial charge is 0.461 e. The summed E-state index contributed by atoms with van der Waals surface area (Å²) in [6.45, 7) is 5.99. The second kappa shape index (κ2) is 3.67. The maximum absolute atomic E-state index is 10.3. The van der Waals surface area contributed by atoms with Crippen LogP contribution in [0.2, 0.25) is 0 Å². The Labute approximate surface area is 117 Å². The van der Waals surface area contributed by atoms with Crippen molar-refractivity contribution in [3.8, 4) is 0 Å². The van der Waals surface area contributed by atoms with E-state index in [1.165, 1.54) is 0 Å². The minimum absolute atomic E-state index is 0.541. The summed E-state index contributed by atoms with van der Waals surface area (Å²) in [5, 5.41) is 12.5. The molecular formula is C17H18O3. The van der Waals surface area contributed by atoms with Crippen molar-refractivity contribution in [3.63, 3.8) is 0 Å². The van der Waals surface area contributed by atoms with Gasteiger partial charge in [0.15, 0.2) is 0 Å². The van der Waals surface area contributed by atoms with E-state index in [2.05, 4.69) is 19.1 Å². The molecule has 3 nitrogen and oxygen atoms in total. The average molecular weight is 270 g/mol. The molecule has 3 heteroatoms. The molecule has 0 bridgehead atoms. The van der Waals surface area contributed by atoms with E-state index < -0.39 is 5.60 Å². The molecule has 2 aromatic heterocycles. The van der Waals surface area contributed by atoms with Crippen molar-refractivity contribution in [1.29, 1.82) is 0 Å². The van der Waals surface area contributed by atoms with Crippen molar-refractivity contribution in [2.75, 3.05) is 0 Å². The van der Waals surface area contributed by atoms with Crippen LogP contribution < -0.4 is 0 Å². The minimum atomic E-state index is -0.541. The van der Waals surface area contributed by atoms with Crippen LogP contribution in [0.15, 0.2) is 21.0 Å². The number of benzene rings is 1. The minimum Gasteiger partial charge on any atom is -0.461 e. The quantitative estimate of drug-likeness (QED) is 0.760. The van der Waals surface area contributed by atoms with Gasteiger partial charge in [0.25, 0.3) is 0 Å². The van der Waals surface area contributed by atoms with Crippen LogP contribution in [0.3, 0.4) is 0 Å². The number of aryl methyl sites for hydroxylation is 3. The van der Waals surface area contributed by atoms with Gasteiger partial charge in [0.2, 0.25) is 0 Å². The Morgan fingerprint density at radius 2 is 1.60 bits per heavy atom. The van der Waals surface area contributed by atoms with Gasteiger partial charge in [0.1, 0.15) is 22.7 Å². The molecule has 1 aromatic carbocycles. The SMILES string of the molecule is Cc1cc2c(CC3(O)CC3)c3oc(C)cc3c(C)c2o1. The summed E-state index contributed by atoms with van der Waals surface area (Å²) >= 11 is 0. The zero-order valence-corrected chi connectivity index (χ0v) is 12.0. The first kappa shape index (κ1) is 12.0. The molecule has 1 fully saturated rings. The second-order valence-electron chi connectivity index (χ2n) is 6.20. The van der Waals surface area contributed by atoms with Crippen LogP contribution in [0.4, 0.5) is 0 Å². The van der Waals surface area contributed by atoms with Crippen LogP contribution >= 0.6 is 0 Å². The summed E-state index contributed by atoms with van der Waals surface area (Å²) in [5.41, 5.74) is 3.50. The molecule has 2 heterocycles. The zero-order valence-electron chi connectivity index (χ0n) is 12.0. The molecule has 0 aliphatic heterocycles. The molecule has 0 radical (unpaired) electrons. The van der Waals surface area contributed by atoms with Crippen LogP contribution in [-0.2, 0) is 6.42 Å². The van der Waals surface area contributed by atoms with Gasteiger partial charge in [0.05, 0.1) is 5.60 Å². The summed E-state index contributed by atoms with van der Waals surface area (Å²) in [7, 11) is 0. The van der Waals surface area contributed by atoms with E-state index in [0.29, 0.717) is 6.42 Å². The molecule has 0 amide bonds. The number of furan rings is 2. The number of fused-ring (bicyclic) bond motifs is 2. The first-order valence-corrected chi connectivity index (χ1v) is 7.11. The Balaban J connectivity index is 2.11. The van der Waals surface area contributed by atoms with Gasteiger partial charge in [-0.2, -0.15) is 0 Å². The Bertz CT molecular complexity index is 773. The molecule has 104 valence electrons. The van der Waals surface area contributed by atoms with E-state index in [4.69, 9.17) is 8.83 Å². The maximum Gasteiger partial charge on any atom is 0.138 e. The summed E-state index contributed by atoms with van der Waals surface area (Å²) < 4.78 is 11.8. The summed E-state index contributed by atoms with van der Waals surface area (Å²) in [6, 6.07) is 4.11. The standard InChI is InChI=1S/C17H18O3/c1-9-6-12-11(3)15-13(7-10(2)19-15)14(16(12)20-9)8-17(18)4-5-17/h6-7,18H,4-5,8H2,1-3H3. The van der Waals surface area contributed by atoms with Crippen molar-refractivity contribution in [1.82, 2.24) is 0 Å². The number of hydrogen-bond donors (Lipinski definition) is 1. The Morgan fingerprint density at radius 1 is 1.00 bits per heavy atom. The Kier molecular flexibility index (Phi) is 2.21. The van der Waals surface area contributed by atoms with Gasteiger partial charge in [-0.05, 0) is 45.7 Å². The van der Waals surface area contributed by atoms with Crippen LogP contribution in [0.5, 0.6) is 0 Å². The van der Waals surface area contributed by atoms with Gasteiger partial charge < -0.3 is 13.9 Å². The highest BCUT2D eigenvalue weighted by Crippen LogP contribution is 2.43. The fraction of sp³-hybridized carbons (Fsp3) is 0.412. The van der Waals surface area contributed by atoms with Crippen molar-refractivity contribution >= 4 is 21.9 Å². The number of hydrogen-bond acceptors (Lipinski definition) is 3. The molecule has 4 rings (SSSR count). The highest BCUT2D eigenvalue weighted by molar-refractivity contribution is 6.01. The topological polar surface area (TPSA) is 46.5 Å². The Morgan fingerprint density at radius 3 is 2.25 bits per heavy atom. The highest BCUT2D eigenvalue weighted by atomic mass is 16.3. The predicted molar refractivity (Wildman–Crippen MR) is 78.1 cm³/mol. The fourth-order valence-corrected chi connectivity index (χ4v) is 3.10. The average Bonchev–Trinajstić information content (AvgIpc) is 2.82. The van der Waals surface area contributed by atoms with Crippen molar-refractivity contribution in [2.24, 2.45) is 0 Å². The molecule has 1 aliphatic carbocycles.